The molecule has 0 saturated carbocycles. The van der Waals surface area contributed by atoms with E-state index in [1.165, 1.54) is 7.11 Å². The first-order chi connectivity index (χ1) is 8.13. The summed E-state index contributed by atoms with van der Waals surface area (Å²) >= 11 is 0. The highest BCUT2D eigenvalue weighted by atomic mass is 16.5. The first kappa shape index (κ1) is 13.0. The molecule has 0 aliphatic carbocycles. The number of rotatable bonds is 4. The van der Waals surface area contributed by atoms with Gasteiger partial charge in [0.15, 0.2) is 5.70 Å². The van der Waals surface area contributed by atoms with Gasteiger partial charge in [-0.2, -0.15) is 0 Å². The SMILES string of the molecule is COC(=O)/C(=C\N(C)C)N=Cc1ccccc1. The highest BCUT2D eigenvalue weighted by Gasteiger charge is 2.07. The fourth-order valence-electron chi connectivity index (χ4n) is 1.17. The minimum atomic E-state index is -0.453. The molecule has 0 bridgehead atoms. The van der Waals surface area contributed by atoms with Crippen LogP contribution < -0.4 is 0 Å². The second-order valence-corrected chi connectivity index (χ2v) is 3.64. The summed E-state index contributed by atoms with van der Waals surface area (Å²) in [4.78, 5) is 17.3. The molecule has 0 saturated heterocycles. The standard InChI is InChI=1S/C13H16N2O2/c1-15(2)10-12(13(16)17-3)14-9-11-7-5-4-6-8-11/h4-10H,1-3H3/b12-10+,14-9?. The summed E-state index contributed by atoms with van der Waals surface area (Å²) in [5.41, 5.74) is 1.20. The van der Waals surface area contributed by atoms with Crippen LogP contribution in [0, 0.1) is 0 Å². The molecule has 1 aromatic carbocycles. The van der Waals surface area contributed by atoms with Crippen molar-refractivity contribution in [2.75, 3.05) is 21.2 Å². The average Bonchev–Trinajstić information content (AvgIpc) is 2.34. The Morgan fingerprint density at radius 3 is 2.47 bits per heavy atom. The smallest absolute Gasteiger partial charge is 0.358 e. The number of esters is 1. The van der Waals surface area contributed by atoms with Crippen molar-refractivity contribution in [2.24, 2.45) is 4.99 Å². The molecular formula is C13H16N2O2. The Kier molecular flexibility index (Phi) is 4.94. The largest absolute Gasteiger partial charge is 0.464 e. The third-order valence-electron chi connectivity index (χ3n) is 1.93. The fraction of sp³-hybridized carbons (Fsp3) is 0.231. The Morgan fingerprint density at radius 1 is 1.29 bits per heavy atom. The van der Waals surface area contributed by atoms with Crippen LogP contribution in [0.25, 0.3) is 0 Å². The molecule has 0 spiro atoms. The molecular weight excluding hydrogens is 216 g/mol. The quantitative estimate of drug-likeness (QED) is 0.450. The fourth-order valence-corrected chi connectivity index (χ4v) is 1.17. The van der Waals surface area contributed by atoms with Gasteiger partial charge in [-0.15, -0.1) is 0 Å². The Morgan fingerprint density at radius 2 is 1.94 bits per heavy atom. The molecule has 0 fully saturated rings. The summed E-state index contributed by atoms with van der Waals surface area (Å²) in [6.07, 6.45) is 3.25. The molecule has 90 valence electrons. The van der Waals surface area contributed by atoms with E-state index in [1.54, 1.807) is 17.3 Å². The minimum absolute atomic E-state index is 0.265. The minimum Gasteiger partial charge on any atom is -0.464 e. The van der Waals surface area contributed by atoms with E-state index in [4.69, 9.17) is 0 Å². The average molecular weight is 232 g/mol. The van der Waals surface area contributed by atoms with Crippen LogP contribution in [-0.2, 0) is 9.53 Å². The first-order valence-electron chi connectivity index (χ1n) is 5.19. The van der Waals surface area contributed by atoms with E-state index in [9.17, 15) is 4.79 Å². The third-order valence-corrected chi connectivity index (χ3v) is 1.93. The second kappa shape index (κ2) is 6.48. The van der Waals surface area contributed by atoms with Crippen LogP contribution in [-0.4, -0.2) is 38.3 Å². The number of carbonyl (C=O) groups is 1. The van der Waals surface area contributed by atoms with E-state index in [2.05, 4.69) is 9.73 Å². The van der Waals surface area contributed by atoms with E-state index >= 15 is 0 Å². The van der Waals surface area contributed by atoms with Crippen molar-refractivity contribution in [3.63, 3.8) is 0 Å². The Bertz CT molecular complexity index is 422. The predicted molar refractivity (Wildman–Crippen MR) is 67.8 cm³/mol. The summed E-state index contributed by atoms with van der Waals surface area (Å²) in [5, 5.41) is 0. The van der Waals surface area contributed by atoms with Crippen LogP contribution in [0.5, 0.6) is 0 Å². The summed E-state index contributed by atoms with van der Waals surface area (Å²) < 4.78 is 4.65. The van der Waals surface area contributed by atoms with Gasteiger partial charge in [0, 0.05) is 26.5 Å². The maximum Gasteiger partial charge on any atom is 0.358 e. The molecule has 0 radical (unpaired) electrons. The lowest BCUT2D eigenvalue weighted by atomic mass is 10.2. The molecule has 17 heavy (non-hydrogen) atoms. The van der Waals surface area contributed by atoms with Crippen molar-refractivity contribution in [3.05, 3.63) is 47.8 Å². The molecule has 1 aromatic rings. The van der Waals surface area contributed by atoms with Crippen molar-refractivity contribution in [1.29, 1.82) is 0 Å². The summed E-state index contributed by atoms with van der Waals surface area (Å²) in [6, 6.07) is 9.57. The molecule has 1 rings (SSSR count). The van der Waals surface area contributed by atoms with Crippen LogP contribution in [0.3, 0.4) is 0 Å². The van der Waals surface area contributed by atoms with Gasteiger partial charge in [0.05, 0.1) is 7.11 Å². The maximum atomic E-state index is 11.4. The summed E-state index contributed by atoms with van der Waals surface area (Å²) in [7, 11) is 4.98. The highest BCUT2D eigenvalue weighted by Crippen LogP contribution is 2.02. The molecule has 0 heterocycles. The van der Waals surface area contributed by atoms with Crippen molar-refractivity contribution in [2.45, 2.75) is 0 Å². The first-order valence-corrected chi connectivity index (χ1v) is 5.19. The van der Waals surface area contributed by atoms with Gasteiger partial charge in [-0.05, 0) is 5.56 Å². The zero-order valence-electron chi connectivity index (χ0n) is 10.3. The monoisotopic (exact) mass is 232 g/mol. The number of aliphatic imine (C=N–C) groups is 1. The van der Waals surface area contributed by atoms with E-state index in [0.717, 1.165) is 5.56 Å². The van der Waals surface area contributed by atoms with E-state index in [1.807, 2.05) is 44.4 Å². The topological polar surface area (TPSA) is 41.9 Å². The van der Waals surface area contributed by atoms with Crippen LogP contribution in [0.2, 0.25) is 0 Å². The van der Waals surface area contributed by atoms with Crippen LogP contribution in [0.1, 0.15) is 5.56 Å². The van der Waals surface area contributed by atoms with Crippen molar-refractivity contribution in [3.8, 4) is 0 Å². The zero-order chi connectivity index (χ0) is 12.7. The second-order valence-electron chi connectivity index (χ2n) is 3.64. The molecule has 0 amide bonds. The van der Waals surface area contributed by atoms with Gasteiger partial charge in [0.25, 0.3) is 0 Å². The molecule has 0 N–H and O–H groups in total. The summed E-state index contributed by atoms with van der Waals surface area (Å²) in [6.45, 7) is 0. The maximum absolute atomic E-state index is 11.4. The molecule has 4 heteroatoms. The molecule has 0 aliphatic rings. The molecule has 0 aliphatic heterocycles. The lowest BCUT2D eigenvalue weighted by Crippen LogP contribution is -2.09. The van der Waals surface area contributed by atoms with Gasteiger partial charge in [-0.25, -0.2) is 9.79 Å². The van der Waals surface area contributed by atoms with E-state index < -0.39 is 5.97 Å². The van der Waals surface area contributed by atoms with Crippen molar-refractivity contribution < 1.29 is 9.53 Å². The number of hydrogen-bond acceptors (Lipinski definition) is 4. The number of nitrogens with zero attached hydrogens (tertiary/aromatic N) is 2. The van der Waals surface area contributed by atoms with Crippen LogP contribution >= 0.6 is 0 Å². The number of ether oxygens (including phenoxy) is 1. The molecule has 0 unspecified atom stereocenters. The van der Waals surface area contributed by atoms with Gasteiger partial charge < -0.3 is 9.64 Å². The lowest BCUT2D eigenvalue weighted by molar-refractivity contribution is -0.136. The predicted octanol–water partition coefficient (Wildman–Crippen LogP) is 1.68. The molecule has 0 atom stereocenters. The Labute approximate surface area is 101 Å². The summed E-state index contributed by atoms with van der Waals surface area (Å²) in [5.74, 6) is -0.453. The van der Waals surface area contributed by atoms with Gasteiger partial charge in [-0.3, -0.25) is 0 Å². The lowest BCUT2D eigenvalue weighted by Gasteiger charge is -2.06. The Balaban J connectivity index is 2.87. The Hall–Kier alpha value is -2.10. The zero-order valence-corrected chi connectivity index (χ0v) is 10.3. The highest BCUT2D eigenvalue weighted by molar-refractivity contribution is 5.92. The van der Waals surface area contributed by atoms with E-state index in [0.29, 0.717) is 0 Å². The van der Waals surface area contributed by atoms with Gasteiger partial charge in [0.2, 0.25) is 0 Å². The van der Waals surface area contributed by atoms with Gasteiger partial charge in [0.1, 0.15) is 0 Å². The van der Waals surface area contributed by atoms with E-state index in [-0.39, 0.29) is 5.70 Å². The van der Waals surface area contributed by atoms with Gasteiger partial charge in [-0.1, -0.05) is 30.3 Å². The molecule has 0 aromatic heterocycles. The third kappa shape index (κ3) is 4.51. The number of methoxy groups -OCH3 is 1. The number of benzene rings is 1. The number of hydrogen-bond donors (Lipinski definition) is 0. The number of carbonyl (C=O) groups excluding carboxylic acids is 1. The van der Waals surface area contributed by atoms with Crippen LogP contribution in [0.4, 0.5) is 0 Å². The van der Waals surface area contributed by atoms with Gasteiger partial charge >= 0.3 is 5.97 Å². The van der Waals surface area contributed by atoms with Crippen LogP contribution in [0.15, 0.2) is 47.2 Å². The van der Waals surface area contributed by atoms with Crippen molar-refractivity contribution >= 4 is 12.2 Å². The normalized spacial score (nSPS) is 11.6. The molecule has 4 nitrogen and oxygen atoms in total. The van der Waals surface area contributed by atoms with Crippen molar-refractivity contribution in [1.82, 2.24) is 4.90 Å².